The summed E-state index contributed by atoms with van der Waals surface area (Å²) < 4.78 is 0. The number of benzene rings is 1. The summed E-state index contributed by atoms with van der Waals surface area (Å²) in [5, 5.41) is 5.88. The van der Waals surface area contributed by atoms with E-state index < -0.39 is 0 Å². The number of amides is 1. The highest BCUT2D eigenvalue weighted by Gasteiger charge is 1.96. The topological polar surface area (TPSA) is 41.1 Å². The second-order valence-corrected chi connectivity index (χ2v) is 3.57. The number of nitrogens with one attached hydrogen (secondary N) is 2. The molecule has 1 rings (SSSR count). The first-order chi connectivity index (χ1) is 7.22. The van der Waals surface area contributed by atoms with E-state index in [-0.39, 0.29) is 5.91 Å². The Hall–Kier alpha value is -1.51. The van der Waals surface area contributed by atoms with Crippen LogP contribution in [0, 0.1) is 6.92 Å². The van der Waals surface area contributed by atoms with Crippen LogP contribution in [0.5, 0.6) is 0 Å². The molecule has 1 aromatic carbocycles. The Morgan fingerprint density at radius 1 is 1.27 bits per heavy atom. The predicted octanol–water partition coefficient (Wildman–Crippen LogP) is 1.93. The molecule has 0 aliphatic rings. The minimum atomic E-state index is 0.0979. The molecule has 1 aromatic rings. The second-order valence-electron chi connectivity index (χ2n) is 3.57. The lowest BCUT2D eigenvalue weighted by atomic mass is 10.2. The second kappa shape index (κ2) is 6.06. The van der Waals surface area contributed by atoms with Gasteiger partial charge in [0, 0.05) is 25.7 Å². The first kappa shape index (κ1) is 11.6. The third-order valence-corrected chi connectivity index (χ3v) is 2.24. The standard InChI is InChI=1S/C12H18N2O/c1-10-5-7-11(8-6-10)14-9-3-4-12(15)13-2/h5-8,14H,3-4,9H2,1-2H3,(H,13,15). The molecule has 0 saturated heterocycles. The Morgan fingerprint density at radius 3 is 2.53 bits per heavy atom. The fraction of sp³-hybridized carbons (Fsp3) is 0.417. The van der Waals surface area contributed by atoms with E-state index in [0.29, 0.717) is 6.42 Å². The van der Waals surface area contributed by atoms with E-state index in [1.807, 2.05) is 0 Å². The quantitative estimate of drug-likeness (QED) is 0.723. The van der Waals surface area contributed by atoms with Crippen LogP contribution < -0.4 is 10.6 Å². The van der Waals surface area contributed by atoms with Crippen molar-refractivity contribution in [3.8, 4) is 0 Å². The first-order valence-corrected chi connectivity index (χ1v) is 5.23. The maximum Gasteiger partial charge on any atom is 0.219 e. The molecule has 3 nitrogen and oxygen atoms in total. The van der Waals surface area contributed by atoms with Crippen LogP contribution in [0.4, 0.5) is 5.69 Å². The Balaban J connectivity index is 2.20. The van der Waals surface area contributed by atoms with Gasteiger partial charge in [0.05, 0.1) is 0 Å². The molecule has 0 atom stereocenters. The van der Waals surface area contributed by atoms with Crippen molar-refractivity contribution < 1.29 is 4.79 Å². The number of hydrogen-bond donors (Lipinski definition) is 2. The third-order valence-electron chi connectivity index (χ3n) is 2.24. The molecule has 15 heavy (non-hydrogen) atoms. The SMILES string of the molecule is CNC(=O)CCCNc1ccc(C)cc1. The molecule has 0 radical (unpaired) electrons. The van der Waals surface area contributed by atoms with Gasteiger partial charge >= 0.3 is 0 Å². The zero-order valence-electron chi connectivity index (χ0n) is 9.34. The van der Waals surface area contributed by atoms with Crippen LogP contribution in [0.15, 0.2) is 24.3 Å². The van der Waals surface area contributed by atoms with Gasteiger partial charge in [0.25, 0.3) is 0 Å². The number of hydrogen-bond acceptors (Lipinski definition) is 2. The monoisotopic (exact) mass is 206 g/mol. The van der Waals surface area contributed by atoms with Gasteiger partial charge in [-0.25, -0.2) is 0 Å². The first-order valence-electron chi connectivity index (χ1n) is 5.23. The van der Waals surface area contributed by atoms with Gasteiger partial charge in [-0.3, -0.25) is 4.79 Å². The molecular weight excluding hydrogens is 188 g/mol. The Bertz CT molecular complexity index is 306. The van der Waals surface area contributed by atoms with Gasteiger partial charge in [-0.15, -0.1) is 0 Å². The van der Waals surface area contributed by atoms with Crippen LogP contribution in [0.25, 0.3) is 0 Å². The summed E-state index contributed by atoms with van der Waals surface area (Å²) in [6.45, 7) is 2.89. The molecule has 0 unspecified atom stereocenters. The van der Waals surface area contributed by atoms with Crippen molar-refractivity contribution >= 4 is 11.6 Å². The summed E-state index contributed by atoms with van der Waals surface area (Å²) in [6.07, 6.45) is 1.43. The lowest BCUT2D eigenvalue weighted by Gasteiger charge is -2.05. The maximum absolute atomic E-state index is 10.9. The minimum Gasteiger partial charge on any atom is -0.385 e. The maximum atomic E-state index is 10.9. The molecule has 3 heteroatoms. The zero-order chi connectivity index (χ0) is 11.1. The highest BCUT2D eigenvalue weighted by Crippen LogP contribution is 2.08. The summed E-state index contributed by atoms with van der Waals surface area (Å²) in [6, 6.07) is 8.24. The molecule has 0 fully saturated rings. The lowest BCUT2D eigenvalue weighted by Crippen LogP contribution is -2.18. The molecule has 0 bridgehead atoms. The van der Waals surface area contributed by atoms with Gasteiger partial charge in [0.1, 0.15) is 0 Å². The van der Waals surface area contributed by atoms with Crippen molar-refractivity contribution in [1.82, 2.24) is 5.32 Å². The van der Waals surface area contributed by atoms with Crippen LogP contribution >= 0.6 is 0 Å². The third kappa shape index (κ3) is 4.49. The smallest absolute Gasteiger partial charge is 0.219 e. The summed E-state index contributed by atoms with van der Waals surface area (Å²) >= 11 is 0. The van der Waals surface area contributed by atoms with Crippen molar-refractivity contribution in [2.45, 2.75) is 19.8 Å². The van der Waals surface area contributed by atoms with Crippen LogP contribution in [0.3, 0.4) is 0 Å². The van der Waals surface area contributed by atoms with E-state index in [4.69, 9.17) is 0 Å². The van der Waals surface area contributed by atoms with E-state index in [1.165, 1.54) is 5.56 Å². The molecular formula is C12H18N2O. The number of carbonyl (C=O) groups is 1. The fourth-order valence-corrected chi connectivity index (χ4v) is 1.28. The van der Waals surface area contributed by atoms with Gasteiger partial charge in [0.15, 0.2) is 0 Å². The fourth-order valence-electron chi connectivity index (χ4n) is 1.28. The number of rotatable bonds is 5. The normalized spacial score (nSPS) is 9.73. The molecule has 0 saturated carbocycles. The van der Waals surface area contributed by atoms with Gasteiger partial charge in [-0.2, -0.15) is 0 Å². The molecule has 0 aromatic heterocycles. The minimum absolute atomic E-state index is 0.0979. The molecule has 0 aliphatic heterocycles. The lowest BCUT2D eigenvalue weighted by molar-refractivity contribution is -0.120. The van der Waals surface area contributed by atoms with Crippen LogP contribution in [-0.4, -0.2) is 19.5 Å². The van der Waals surface area contributed by atoms with E-state index in [2.05, 4.69) is 41.8 Å². The number of anilines is 1. The zero-order valence-corrected chi connectivity index (χ0v) is 9.34. The van der Waals surface area contributed by atoms with E-state index in [9.17, 15) is 4.79 Å². The van der Waals surface area contributed by atoms with Crippen LogP contribution in [0.1, 0.15) is 18.4 Å². The van der Waals surface area contributed by atoms with Crippen molar-refractivity contribution in [3.63, 3.8) is 0 Å². The van der Waals surface area contributed by atoms with E-state index in [0.717, 1.165) is 18.7 Å². The van der Waals surface area contributed by atoms with Gasteiger partial charge in [0.2, 0.25) is 5.91 Å². The van der Waals surface area contributed by atoms with E-state index in [1.54, 1.807) is 7.05 Å². The van der Waals surface area contributed by atoms with Crippen molar-refractivity contribution in [3.05, 3.63) is 29.8 Å². The summed E-state index contributed by atoms with van der Waals surface area (Å²) in [5.74, 6) is 0.0979. The molecule has 1 amide bonds. The van der Waals surface area contributed by atoms with Gasteiger partial charge in [-0.1, -0.05) is 17.7 Å². The van der Waals surface area contributed by atoms with Gasteiger partial charge < -0.3 is 10.6 Å². The summed E-state index contributed by atoms with van der Waals surface area (Å²) in [4.78, 5) is 10.9. The summed E-state index contributed by atoms with van der Waals surface area (Å²) in [7, 11) is 1.66. The highest BCUT2D eigenvalue weighted by molar-refractivity contribution is 5.75. The Morgan fingerprint density at radius 2 is 1.93 bits per heavy atom. The van der Waals surface area contributed by atoms with Crippen molar-refractivity contribution in [2.24, 2.45) is 0 Å². The highest BCUT2D eigenvalue weighted by atomic mass is 16.1. The van der Waals surface area contributed by atoms with Crippen LogP contribution in [0.2, 0.25) is 0 Å². The molecule has 2 N–H and O–H groups in total. The van der Waals surface area contributed by atoms with Crippen LogP contribution in [-0.2, 0) is 4.79 Å². The van der Waals surface area contributed by atoms with Gasteiger partial charge in [-0.05, 0) is 25.5 Å². The average molecular weight is 206 g/mol. The molecule has 82 valence electrons. The van der Waals surface area contributed by atoms with Crippen molar-refractivity contribution in [2.75, 3.05) is 18.9 Å². The Labute approximate surface area is 90.9 Å². The molecule has 0 spiro atoms. The van der Waals surface area contributed by atoms with E-state index >= 15 is 0 Å². The molecule has 0 heterocycles. The molecule has 0 aliphatic carbocycles. The largest absolute Gasteiger partial charge is 0.385 e. The predicted molar refractivity (Wildman–Crippen MR) is 63.0 cm³/mol. The Kier molecular flexibility index (Phi) is 4.68. The average Bonchev–Trinajstić information content (AvgIpc) is 2.26. The number of aryl methyl sites for hydroxylation is 1. The summed E-state index contributed by atoms with van der Waals surface area (Å²) in [5.41, 5.74) is 2.36. The number of carbonyl (C=O) groups excluding carboxylic acids is 1. The van der Waals surface area contributed by atoms with Crippen molar-refractivity contribution in [1.29, 1.82) is 0 Å².